The number of para-hydroxylation sites is 1. The van der Waals surface area contributed by atoms with Crippen molar-refractivity contribution in [2.45, 2.75) is 24.9 Å². The topological polar surface area (TPSA) is 72.8 Å². The maximum Gasteiger partial charge on any atom is 0.256 e. The average Bonchev–Trinajstić information content (AvgIpc) is 2.77. The molecule has 34 heavy (non-hydrogen) atoms. The summed E-state index contributed by atoms with van der Waals surface area (Å²) in [7, 11) is 0. The van der Waals surface area contributed by atoms with Gasteiger partial charge >= 0.3 is 0 Å². The summed E-state index contributed by atoms with van der Waals surface area (Å²) >= 11 is 1.92. The lowest BCUT2D eigenvalue weighted by Crippen LogP contribution is -2.63. The highest BCUT2D eigenvalue weighted by Crippen LogP contribution is 2.33. The van der Waals surface area contributed by atoms with Gasteiger partial charge in [0.15, 0.2) is 11.6 Å². The Bertz CT molecular complexity index is 1230. The molecule has 0 aromatic heterocycles. The lowest BCUT2D eigenvalue weighted by atomic mass is 9.87. The van der Waals surface area contributed by atoms with Gasteiger partial charge in [-0.15, -0.1) is 0 Å². The predicted octanol–water partition coefficient (Wildman–Crippen LogP) is 5.37. The molecule has 5 nitrogen and oxygen atoms in total. The first kappa shape index (κ1) is 24.3. The number of carbonyl (C=O) groups is 1. The van der Waals surface area contributed by atoms with E-state index < -0.39 is 34.6 Å². The Morgan fingerprint density at radius 1 is 1.06 bits per heavy atom. The van der Waals surface area contributed by atoms with E-state index >= 15 is 0 Å². The summed E-state index contributed by atoms with van der Waals surface area (Å²) in [5.74, 6) is -3.53. The second-order valence-corrected chi connectivity index (χ2v) is 9.65. The van der Waals surface area contributed by atoms with Crippen LogP contribution in [0, 0.1) is 21.0 Å². The normalized spacial score (nSPS) is 14.6. The Hall–Kier alpha value is -2.79. The SMILES string of the molecule is O=C(c1ccc(F)c(F)c1Nc1ccc(I)cc1F)N1CC(O)(CCCc2ccccc2O)C1. The van der Waals surface area contributed by atoms with Gasteiger partial charge in [0, 0.05) is 3.57 Å². The van der Waals surface area contributed by atoms with Gasteiger partial charge in [-0.1, -0.05) is 18.2 Å². The van der Waals surface area contributed by atoms with Gasteiger partial charge < -0.3 is 20.4 Å². The number of aryl methyl sites for hydroxylation is 1. The van der Waals surface area contributed by atoms with E-state index in [1.807, 2.05) is 34.7 Å². The van der Waals surface area contributed by atoms with Crippen LogP contribution < -0.4 is 5.32 Å². The first-order valence-corrected chi connectivity index (χ1v) is 11.7. The standard InChI is InChI=1S/C25H22F3IN2O3/c26-18-9-8-17(23(22(18)28)30-20-10-7-16(29)12-19(20)27)24(33)31-13-25(34,14-31)11-3-5-15-4-1-2-6-21(15)32/h1-2,4,6-10,12,30,32,34H,3,5,11,13-14H2. The monoisotopic (exact) mass is 582 g/mol. The number of aliphatic hydroxyl groups is 1. The number of phenolic OH excluding ortho intramolecular Hbond substituents is 1. The summed E-state index contributed by atoms with van der Waals surface area (Å²) in [6.07, 6.45) is 1.57. The number of hydrogen-bond donors (Lipinski definition) is 3. The average molecular weight is 582 g/mol. The molecule has 0 unspecified atom stereocenters. The molecule has 0 saturated carbocycles. The van der Waals surface area contributed by atoms with E-state index in [9.17, 15) is 28.2 Å². The molecule has 1 saturated heterocycles. The van der Waals surface area contributed by atoms with E-state index in [-0.39, 0.29) is 30.1 Å². The van der Waals surface area contributed by atoms with Crippen molar-refractivity contribution >= 4 is 39.9 Å². The van der Waals surface area contributed by atoms with Crippen molar-refractivity contribution in [2.75, 3.05) is 18.4 Å². The number of nitrogens with one attached hydrogen (secondary N) is 1. The van der Waals surface area contributed by atoms with E-state index in [1.165, 1.54) is 17.0 Å². The number of β-amino-alcohol motifs (C(OH)–C–C–N with tert-alkyl or cyclic N) is 1. The third kappa shape index (κ3) is 5.15. The number of likely N-dealkylation sites (tertiary alicyclic amines) is 1. The van der Waals surface area contributed by atoms with Crippen LogP contribution in [0.4, 0.5) is 24.5 Å². The molecule has 3 N–H and O–H groups in total. The summed E-state index contributed by atoms with van der Waals surface area (Å²) in [5, 5.41) is 23.1. The Kier molecular flexibility index (Phi) is 7.04. The van der Waals surface area contributed by atoms with Gasteiger partial charge in [-0.05, 0) is 83.8 Å². The maximum atomic E-state index is 14.6. The van der Waals surface area contributed by atoms with E-state index in [2.05, 4.69) is 5.32 Å². The fourth-order valence-corrected chi connectivity index (χ4v) is 4.50. The molecule has 0 spiro atoms. The largest absolute Gasteiger partial charge is 0.508 e. The molecule has 0 atom stereocenters. The van der Waals surface area contributed by atoms with Crippen LogP contribution in [0.15, 0.2) is 54.6 Å². The van der Waals surface area contributed by atoms with Crippen molar-refractivity contribution in [3.8, 4) is 5.75 Å². The Balaban J connectivity index is 1.44. The van der Waals surface area contributed by atoms with Crippen LogP contribution in [-0.4, -0.2) is 39.7 Å². The van der Waals surface area contributed by atoms with Gasteiger partial charge in [0.05, 0.1) is 35.6 Å². The third-order valence-electron chi connectivity index (χ3n) is 5.85. The summed E-state index contributed by atoms with van der Waals surface area (Å²) in [6.45, 7) is 0.0614. The highest BCUT2D eigenvalue weighted by Gasteiger charge is 2.43. The zero-order valence-electron chi connectivity index (χ0n) is 18.0. The molecule has 3 aromatic rings. The summed E-state index contributed by atoms with van der Waals surface area (Å²) < 4.78 is 43.4. The van der Waals surface area contributed by atoms with Crippen molar-refractivity contribution in [1.82, 2.24) is 4.90 Å². The van der Waals surface area contributed by atoms with Gasteiger partial charge in [-0.2, -0.15) is 0 Å². The number of aromatic hydroxyl groups is 1. The number of benzene rings is 3. The highest BCUT2D eigenvalue weighted by atomic mass is 127. The smallest absolute Gasteiger partial charge is 0.256 e. The Morgan fingerprint density at radius 2 is 1.79 bits per heavy atom. The van der Waals surface area contributed by atoms with Gasteiger partial charge in [0.25, 0.3) is 5.91 Å². The minimum atomic E-state index is -1.29. The van der Waals surface area contributed by atoms with E-state index in [4.69, 9.17) is 0 Å². The number of halogens is 4. The van der Waals surface area contributed by atoms with Crippen LogP contribution in [0.25, 0.3) is 0 Å². The van der Waals surface area contributed by atoms with E-state index in [0.29, 0.717) is 22.8 Å². The van der Waals surface area contributed by atoms with E-state index in [1.54, 1.807) is 18.2 Å². The van der Waals surface area contributed by atoms with Crippen LogP contribution >= 0.6 is 22.6 Å². The fourth-order valence-electron chi connectivity index (χ4n) is 4.04. The highest BCUT2D eigenvalue weighted by molar-refractivity contribution is 14.1. The van der Waals surface area contributed by atoms with Crippen LogP contribution in [0.1, 0.15) is 28.8 Å². The van der Waals surface area contributed by atoms with Crippen molar-refractivity contribution < 1.29 is 28.2 Å². The van der Waals surface area contributed by atoms with Gasteiger partial charge in [0.1, 0.15) is 11.6 Å². The summed E-state index contributed by atoms with van der Waals surface area (Å²) in [4.78, 5) is 14.4. The van der Waals surface area contributed by atoms with Crippen LogP contribution in [0.3, 0.4) is 0 Å². The first-order chi connectivity index (χ1) is 16.2. The number of hydrogen-bond acceptors (Lipinski definition) is 4. The minimum Gasteiger partial charge on any atom is -0.508 e. The summed E-state index contributed by atoms with van der Waals surface area (Å²) in [5.41, 5.74) is -1.04. The lowest BCUT2D eigenvalue weighted by Gasteiger charge is -2.46. The number of phenols is 1. The first-order valence-electron chi connectivity index (χ1n) is 10.7. The molecule has 0 bridgehead atoms. The molecule has 0 aliphatic carbocycles. The molecular weight excluding hydrogens is 560 g/mol. The zero-order valence-corrected chi connectivity index (χ0v) is 20.2. The van der Waals surface area contributed by atoms with Gasteiger partial charge in [0.2, 0.25) is 0 Å². The predicted molar refractivity (Wildman–Crippen MR) is 131 cm³/mol. The number of anilines is 2. The number of amides is 1. The molecule has 178 valence electrons. The molecule has 1 fully saturated rings. The lowest BCUT2D eigenvalue weighted by molar-refractivity contribution is -0.0866. The maximum absolute atomic E-state index is 14.6. The minimum absolute atomic E-state index is 0.0307. The van der Waals surface area contributed by atoms with Gasteiger partial charge in [-0.3, -0.25) is 4.79 Å². The molecule has 1 aliphatic heterocycles. The fraction of sp³-hybridized carbons (Fsp3) is 0.240. The van der Waals surface area contributed by atoms with Crippen molar-refractivity contribution in [2.24, 2.45) is 0 Å². The zero-order chi connectivity index (χ0) is 24.5. The molecule has 1 aliphatic rings. The van der Waals surface area contributed by atoms with Crippen LogP contribution in [0.5, 0.6) is 5.75 Å². The van der Waals surface area contributed by atoms with Crippen molar-refractivity contribution in [3.05, 3.63) is 86.7 Å². The number of rotatable bonds is 7. The molecule has 1 heterocycles. The Labute approximate surface area is 208 Å². The van der Waals surface area contributed by atoms with Crippen LogP contribution in [-0.2, 0) is 6.42 Å². The number of nitrogens with zero attached hydrogens (tertiary/aromatic N) is 1. The molecule has 0 radical (unpaired) electrons. The van der Waals surface area contributed by atoms with Gasteiger partial charge in [-0.25, -0.2) is 13.2 Å². The summed E-state index contributed by atoms with van der Waals surface area (Å²) in [6, 6.07) is 13.1. The van der Waals surface area contributed by atoms with Crippen LogP contribution in [0.2, 0.25) is 0 Å². The number of carbonyl (C=O) groups excluding carboxylic acids is 1. The van der Waals surface area contributed by atoms with Crippen molar-refractivity contribution in [3.63, 3.8) is 0 Å². The Morgan fingerprint density at radius 3 is 2.50 bits per heavy atom. The second kappa shape index (κ2) is 9.83. The van der Waals surface area contributed by atoms with Crippen molar-refractivity contribution in [1.29, 1.82) is 0 Å². The molecule has 9 heteroatoms. The quantitative estimate of drug-likeness (QED) is 0.328. The molecular formula is C25H22F3IN2O3. The molecule has 1 amide bonds. The molecule has 3 aromatic carbocycles. The molecule has 4 rings (SSSR count). The second-order valence-electron chi connectivity index (χ2n) is 8.40. The third-order valence-corrected chi connectivity index (χ3v) is 6.52. The van der Waals surface area contributed by atoms with E-state index in [0.717, 1.165) is 17.7 Å².